The molecular formula is C5H10BrO3P. The van der Waals surface area contributed by atoms with Crippen LogP contribution in [0.2, 0.25) is 0 Å². The van der Waals surface area contributed by atoms with Gasteiger partial charge in [-0.1, -0.05) is 15.9 Å². The van der Waals surface area contributed by atoms with Gasteiger partial charge >= 0.3 is 7.60 Å². The highest BCUT2D eigenvalue weighted by Crippen LogP contribution is 2.66. The minimum Gasteiger partial charge on any atom is -0.324 e. The molecule has 0 bridgehead atoms. The van der Waals surface area contributed by atoms with E-state index in [1.54, 1.807) is 0 Å². The second kappa shape index (κ2) is 2.59. The molecule has 0 aromatic heterocycles. The third kappa shape index (κ3) is 1.45. The highest BCUT2D eigenvalue weighted by Gasteiger charge is 2.55. The van der Waals surface area contributed by atoms with Crippen LogP contribution in [0.5, 0.6) is 0 Å². The van der Waals surface area contributed by atoms with Crippen molar-refractivity contribution in [3.8, 4) is 0 Å². The summed E-state index contributed by atoms with van der Waals surface area (Å²) in [7, 11) is -3.80. The zero-order chi connectivity index (χ0) is 7.83. The van der Waals surface area contributed by atoms with Crippen LogP contribution < -0.4 is 0 Å². The number of rotatable bonds is 3. The van der Waals surface area contributed by atoms with Gasteiger partial charge < -0.3 is 9.79 Å². The molecule has 0 aromatic carbocycles. The minimum atomic E-state index is -3.80. The van der Waals surface area contributed by atoms with Crippen LogP contribution in [-0.4, -0.2) is 20.3 Å². The van der Waals surface area contributed by atoms with Crippen molar-refractivity contribution in [3.63, 3.8) is 0 Å². The minimum absolute atomic E-state index is 0.595. The van der Waals surface area contributed by atoms with E-state index >= 15 is 0 Å². The second-order valence-electron chi connectivity index (χ2n) is 2.71. The lowest BCUT2D eigenvalue weighted by Crippen LogP contribution is -2.09. The van der Waals surface area contributed by atoms with Gasteiger partial charge in [0.05, 0.1) is 5.16 Å². The maximum Gasteiger partial charge on any atom is 0.331 e. The van der Waals surface area contributed by atoms with Gasteiger partial charge in [0.25, 0.3) is 0 Å². The lowest BCUT2D eigenvalue weighted by atomic mass is 10.3. The first-order valence-corrected chi connectivity index (χ1v) is 5.87. The Bertz CT molecular complexity index is 172. The van der Waals surface area contributed by atoms with Crippen LogP contribution in [0.1, 0.15) is 19.3 Å². The average Bonchev–Trinajstić information content (AvgIpc) is 2.45. The standard InChI is InChI=1S/C5H10BrO3P/c6-4-3-5(1-2-5)10(7,8)9/h1-4H2,(H2,7,8,9). The lowest BCUT2D eigenvalue weighted by molar-refractivity contribution is 0.352. The topological polar surface area (TPSA) is 57.5 Å². The molecule has 0 radical (unpaired) electrons. The molecule has 0 spiro atoms. The molecule has 1 rings (SSSR count). The van der Waals surface area contributed by atoms with Crippen molar-refractivity contribution in [1.29, 1.82) is 0 Å². The molecule has 1 saturated carbocycles. The van der Waals surface area contributed by atoms with Gasteiger partial charge in [-0.05, 0) is 19.3 Å². The fourth-order valence-corrected chi connectivity index (χ4v) is 3.17. The van der Waals surface area contributed by atoms with E-state index in [9.17, 15) is 4.57 Å². The molecule has 0 aliphatic heterocycles. The number of hydrogen-bond donors (Lipinski definition) is 2. The zero-order valence-electron chi connectivity index (χ0n) is 5.46. The molecule has 0 heterocycles. The smallest absolute Gasteiger partial charge is 0.324 e. The first kappa shape index (κ1) is 8.72. The first-order chi connectivity index (χ1) is 4.52. The lowest BCUT2D eigenvalue weighted by Gasteiger charge is -2.14. The maximum atomic E-state index is 10.8. The van der Waals surface area contributed by atoms with Crippen molar-refractivity contribution in [2.45, 2.75) is 24.4 Å². The molecule has 10 heavy (non-hydrogen) atoms. The highest BCUT2D eigenvalue weighted by molar-refractivity contribution is 9.09. The highest BCUT2D eigenvalue weighted by atomic mass is 79.9. The molecule has 0 unspecified atom stereocenters. The summed E-state index contributed by atoms with van der Waals surface area (Å²) in [5, 5.41) is 0.0363. The van der Waals surface area contributed by atoms with E-state index in [1.807, 2.05) is 0 Å². The van der Waals surface area contributed by atoms with Crippen molar-refractivity contribution in [2.24, 2.45) is 0 Å². The molecule has 1 fully saturated rings. The van der Waals surface area contributed by atoms with Crippen LogP contribution in [-0.2, 0) is 4.57 Å². The van der Waals surface area contributed by atoms with Crippen molar-refractivity contribution in [1.82, 2.24) is 0 Å². The monoisotopic (exact) mass is 228 g/mol. The number of alkyl halides is 1. The summed E-state index contributed by atoms with van der Waals surface area (Å²) in [6.07, 6.45) is 1.96. The molecule has 5 heteroatoms. The molecule has 1 aliphatic carbocycles. The number of halogens is 1. The quantitative estimate of drug-likeness (QED) is 0.569. The Balaban J connectivity index is 2.61. The van der Waals surface area contributed by atoms with Crippen LogP contribution in [0.4, 0.5) is 0 Å². The third-order valence-corrected chi connectivity index (χ3v) is 4.31. The summed E-state index contributed by atoms with van der Waals surface area (Å²) in [6, 6.07) is 0. The predicted octanol–water partition coefficient (Wildman–Crippen LogP) is 1.48. The zero-order valence-corrected chi connectivity index (χ0v) is 7.94. The Morgan fingerprint density at radius 2 is 2.00 bits per heavy atom. The van der Waals surface area contributed by atoms with Gasteiger partial charge in [0.15, 0.2) is 0 Å². The maximum absolute atomic E-state index is 10.8. The third-order valence-electron chi connectivity index (χ3n) is 2.00. The summed E-state index contributed by atoms with van der Waals surface area (Å²) in [5.41, 5.74) is 0. The summed E-state index contributed by atoms with van der Waals surface area (Å²) < 4.78 is 10.8. The largest absolute Gasteiger partial charge is 0.331 e. The van der Waals surface area contributed by atoms with Crippen LogP contribution in [0, 0.1) is 0 Å². The summed E-state index contributed by atoms with van der Waals surface area (Å²) >= 11 is 3.17. The van der Waals surface area contributed by atoms with E-state index in [2.05, 4.69) is 15.9 Å². The van der Waals surface area contributed by atoms with Gasteiger partial charge in [0.1, 0.15) is 0 Å². The molecule has 2 N–H and O–H groups in total. The Labute approximate surface area is 68.1 Å². The van der Waals surface area contributed by atoms with E-state index in [4.69, 9.17) is 9.79 Å². The summed E-state index contributed by atoms with van der Waals surface area (Å²) in [5.74, 6) is 0. The molecule has 60 valence electrons. The van der Waals surface area contributed by atoms with Gasteiger partial charge in [0, 0.05) is 5.33 Å². The van der Waals surface area contributed by atoms with E-state index < -0.39 is 12.8 Å². The van der Waals surface area contributed by atoms with E-state index in [0.29, 0.717) is 24.6 Å². The van der Waals surface area contributed by atoms with Crippen LogP contribution in [0.15, 0.2) is 0 Å². The SMILES string of the molecule is O=P(O)(O)C1(CCBr)CC1. The van der Waals surface area contributed by atoms with Gasteiger partial charge in [-0.3, -0.25) is 4.57 Å². The van der Waals surface area contributed by atoms with Crippen molar-refractivity contribution >= 4 is 23.5 Å². The summed E-state index contributed by atoms with van der Waals surface area (Å²) in [4.78, 5) is 17.7. The first-order valence-electron chi connectivity index (χ1n) is 3.13. The molecule has 3 nitrogen and oxygen atoms in total. The van der Waals surface area contributed by atoms with Gasteiger partial charge in [-0.2, -0.15) is 0 Å². The predicted molar refractivity (Wildman–Crippen MR) is 42.4 cm³/mol. The van der Waals surface area contributed by atoms with Crippen LogP contribution >= 0.6 is 23.5 Å². The summed E-state index contributed by atoms with van der Waals surface area (Å²) in [6.45, 7) is 0. The molecule has 0 atom stereocenters. The Kier molecular flexibility index (Phi) is 2.26. The van der Waals surface area contributed by atoms with Crippen molar-refractivity contribution < 1.29 is 14.4 Å². The molecule has 1 aliphatic rings. The molecule has 0 aromatic rings. The normalized spacial score (nSPS) is 22.7. The van der Waals surface area contributed by atoms with E-state index in [1.165, 1.54) is 0 Å². The number of hydrogen-bond acceptors (Lipinski definition) is 1. The van der Waals surface area contributed by atoms with E-state index in [-0.39, 0.29) is 0 Å². The molecule has 0 amide bonds. The fourth-order valence-electron chi connectivity index (χ4n) is 1.01. The van der Waals surface area contributed by atoms with Gasteiger partial charge in [0.2, 0.25) is 0 Å². The Hall–Kier alpha value is 0.630. The van der Waals surface area contributed by atoms with Gasteiger partial charge in [-0.25, -0.2) is 0 Å². The van der Waals surface area contributed by atoms with Gasteiger partial charge in [-0.15, -0.1) is 0 Å². The Morgan fingerprint density at radius 3 is 2.10 bits per heavy atom. The van der Waals surface area contributed by atoms with Crippen molar-refractivity contribution in [2.75, 3.05) is 5.33 Å². The fraction of sp³-hybridized carbons (Fsp3) is 1.00. The Morgan fingerprint density at radius 1 is 1.50 bits per heavy atom. The van der Waals surface area contributed by atoms with Crippen LogP contribution in [0.3, 0.4) is 0 Å². The molecular weight excluding hydrogens is 219 g/mol. The second-order valence-corrected chi connectivity index (χ2v) is 5.54. The average molecular weight is 229 g/mol. The van der Waals surface area contributed by atoms with Crippen molar-refractivity contribution in [3.05, 3.63) is 0 Å². The molecule has 0 saturated heterocycles. The van der Waals surface area contributed by atoms with Crippen LogP contribution in [0.25, 0.3) is 0 Å². The van der Waals surface area contributed by atoms with E-state index in [0.717, 1.165) is 0 Å².